The number of halogens is 2. The maximum Gasteiger partial charge on any atom is 0.229 e. The van der Waals surface area contributed by atoms with Crippen molar-refractivity contribution in [2.75, 3.05) is 11.0 Å². The lowest BCUT2D eigenvalue weighted by Gasteiger charge is -2.12. The van der Waals surface area contributed by atoms with E-state index >= 15 is 0 Å². The topological polar surface area (TPSA) is 46.2 Å². The summed E-state index contributed by atoms with van der Waals surface area (Å²) in [6, 6.07) is 10.3. The summed E-state index contributed by atoms with van der Waals surface area (Å²) in [6.45, 7) is 0. The molecule has 3 nitrogen and oxygen atoms in total. The van der Waals surface area contributed by atoms with Gasteiger partial charge in [0, 0.05) is 19.7 Å². The smallest absolute Gasteiger partial charge is 0.229 e. The Balaban J connectivity index is 2.40. The molecule has 0 unspecified atom stereocenters. The van der Waals surface area contributed by atoms with Crippen molar-refractivity contribution < 1.29 is 8.42 Å². The summed E-state index contributed by atoms with van der Waals surface area (Å²) in [5.74, 6) is 0. The summed E-state index contributed by atoms with van der Waals surface area (Å²) in [5.41, 5.74) is 0.478. The Morgan fingerprint density at radius 3 is 2.43 bits per heavy atom. The number of hydrogen-bond donors (Lipinski definition) is 2. The Bertz CT molecular complexity index is 779. The van der Waals surface area contributed by atoms with Crippen LogP contribution in [0.2, 0.25) is 10.0 Å². The first-order valence-electron chi connectivity index (χ1n) is 5.68. The van der Waals surface area contributed by atoms with Gasteiger partial charge in [0.05, 0.1) is 17.0 Å². The zero-order chi connectivity index (χ0) is 15.6. The van der Waals surface area contributed by atoms with Gasteiger partial charge in [-0.15, -0.1) is 12.6 Å². The minimum Gasteiger partial charge on any atom is -0.283 e. The van der Waals surface area contributed by atoms with Crippen molar-refractivity contribution >= 4 is 63.3 Å². The van der Waals surface area contributed by atoms with Crippen molar-refractivity contribution in [3.63, 3.8) is 0 Å². The molecule has 0 amide bonds. The molecule has 2 rings (SSSR count). The lowest BCUT2D eigenvalue weighted by molar-refractivity contribution is 0.606. The number of benzene rings is 2. The summed E-state index contributed by atoms with van der Waals surface area (Å²) in [4.78, 5) is 2.20. The number of anilines is 1. The molecule has 112 valence electrons. The van der Waals surface area contributed by atoms with Crippen molar-refractivity contribution in [3.05, 3.63) is 46.4 Å². The van der Waals surface area contributed by atoms with Gasteiger partial charge in [-0.3, -0.25) is 4.72 Å². The maximum atomic E-state index is 11.4. The number of rotatable bonds is 4. The number of sulfonamides is 1. The van der Waals surface area contributed by atoms with E-state index in [1.54, 1.807) is 36.4 Å². The van der Waals surface area contributed by atoms with Crippen molar-refractivity contribution in [3.8, 4) is 0 Å². The van der Waals surface area contributed by atoms with E-state index in [0.717, 1.165) is 16.0 Å². The Labute approximate surface area is 143 Å². The molecule has 0 spiro atoms. The van der Waals surface area contributed by atoms with Crippen LogP contribution in [0.15, 0.2) is 51.1 Å². The van der Waals surface area contributed by atoms with Gasteiger partial charge in [-0.05, 0) is 36.4 Å². The fraction of sp³-hybridized carbons (Fsp3) is 0.0769. The molecule has 0 saturated heterocycles. The fourth-order valence-corrected chi connectivity index (χ4v) is 3.96. The van der Waals surface area contributed by atoms with Crippen LogP contribution in [-0.4, -0.2) is 14.7 Å². The number of hydrogen-bond acceptors (Lipinski definition) is 4. The number of nitrogens with one attached hydrogen (secondary N) is 1. The Morgan fingerprint density at radius 2 is 1.81 bits per heavy atom. The van der Waals surface area contributed by atoms with Gasteiger partial charge in [0.25, 0.3) is 0 Å². The lowest BCUT2D eigenvalue weighted by Crippen LogP contribution is -2.10. The minimum atomic E-state index is -3.36. The predicted octanol–water partition coefficient (Wildman–Crippen LogP) is 4.80. The quantitative estimate of drug-likeness (QED) is 0.749. The van der Waals surface area contributed by atoms with Crippen LogP contribution in [0.5, 0.6) is 0 Å². The second-order valence-electron chi connectivity index (χ2n) is 4.23. The van der Waals surface area contributed by atoms with Gasteiger partial charge in [-0.1, -0.05) is 35.0 Å². The minimum absolute atomic E-state index is 0.478. The summed E-state index contributed by atoms with van der Waals surface area (Å²) in [5, 5.41) is 1.05. The molecule has 0 aromatic heterocycles. The first-order valence-corrected chi connectivity index (χ1v) is 9.59. The highest BCUT2D eigenvalue weighted by atomic mass is 35.5. The second-order valence-corrected chi connectivity index (χ2v) is 8.42. The second kappa shape index (κ2) is 6.71. The van der Waals surface area contributed by atoms with Crippen LogP contribution in [-0.2, 0) is 10.0 Å². The monoisotopic (exact) mass is 379 g/mol. The molecule has 2 aromatic rings. The molecular weight excluding hydrogens is 369 g/mol. The molecule has 0 radical (unpaired) electrons. The Hall–Kier alpha value is -0.530. The molecule has 2 aromatic carbocycles. The molecule has 0 fully saturated rings. The normalized spacial score (nSPS) is 11.4. The van der Waals surface area contributed by atoms with Crippen LogP contribution in [0.4, 0.5) is 5.69 Å². The van der Waals surface area contributed by atoms with Gasteiger partial charge < -0.3 is 0 Å². The third kappa shape index (κ3) is 5.00. The molecule has 0 aliphatic carbocycles. The van der Waals surface area contributed by atoms with Gasteiger partial charge in [-0.2, -0.15) is 0 Å². The third-order valence-electron chi connectivity index (χ3n) is 2.37. The average molecular weight is 380 g/mol. The molecule has 0 heterocycles. The van der Waals surface area contributed by atoms with Crippen LogP contribution in [0.1, 0.15) is 0 Å². The van der Waals surface area contributed by atoms with Crippen LogP contribution in [0.25, 0.3) is 0 Å². The van der Waals surface area contributed by atoms with E-state index in [0.29, 0.717) is 20.6 Å². The van der Waals surface area contributed by atoms with E-state index in [1.165, 1.54) is 11.8 Å². The maximum absolute atomic E-state index is 11.4. The van der Waals surface area contributed by atoms with E-state index in [1.807, 2.05) is 0 Å². The standard InChI is InChI=1S/C13H11Cl2NO2S3/c1-21(17,18)16-11-4-3-9(19)7-13(11)20-12-5-2-8(14)6-10(12)15/h2-7,16,19H,1H3. The van der Waals surface area contributed by atoms with E-state index in [2.05, 4.69) is 17.4 Å². The fourth-order valence-electron chi connectivity index (χ4n) is 1.56. The van der Waals surface area contributed by atoms with Crippen LogP contribution in [0.3, 0.4) is 0 Å². The zero-order valence-corrected chi connectivity index (χ0v) is 14.8. The van der Waals surface area contributed by atoms with Crippen LogP contribution < -0.4 is 4.72 Å². The molecule has 1 N–H and O–H groups in total. The molecule has 8 heteroatoms. The Morgan fingerprint density at radius 1 is 1.10 bits per heavy atom. The lowest BCUT2D eigenvalue weighted by atomic mass is 10.3. The molecule has 21 heavy (non-hydrogen) atoms. The van der Waals surface area contributed by atoms with Crippen molar-refractivity contribution in [1.82, 2.24) is 0 Å². The highest BCUT2D eigenvalue weighted by Crippen LogP contribution is 2.39. The van der Waals surface area contributed by atoms with E-state index < -0.39 is 10.0 Å². The molecule has 0 aliphatic rings. The highest BCUT2D eigenvalue weighted by molar-refractivity contribution is 7.99. The largest absolute Gasteiger partial charge is 0.283 e. The van der Waals surface area contributed by atoms with Crippen molar-refractivity contribution in [1.29, 1.82) is 0 Å². The van der Waals surface area contributed by atoms with Gasteiger partial charge in [0.1, 0.15) is 0 Å². The summed E-state index contributed by atoms with van der Waals surface area (Å²) in [6.07, 6.45) is 1.10. The predicted molar refractivity (Wildman–Crippen MR) is 92.7 cm³/mol. The van der Waals surface area contributed by atoms with E-state index in [4.69, 9.17) is 23.2 Å². The Kier molecular flexibility index (Phi) is 5.38. The summed E-state index contributed by atoms with van der Waals surface area (Å²) >= 11 is 17.6. The molecular formula is C13H11Cl2NO2S3. The summed E-state index contributed by atoms with van der Waals surface area (Å²) in [7, 11) is -3.36. The first-order chi connectivity index (χ1) is 9.74. The van der Waals surface area contributed by atoms with Crippen LogP contribution in [0, 0.1) is 0 Å². The van der Waals surface area contributed by atoms with Crippen LogP contribution >= 0.6 is 47.6 Å². The van der Waals surface area contributed by atoms with Gasteiger partial charge in [-0.25, -0.2) is 8.42 Å². The van der Waals surface area contributed by atoms with Gasteiger partial charge in [0.2, 0.25) is 10.0 Å². The molecule has 0 aliphatic heterocycles. The van der Waals surface area contributed by atoms with E-state index in [9.17, 15) is 8.42 Å². The SMILES string of the molecule is CS(=O)(=O)Nc1ccc(S)cc1Sc1ccc(Cl)cc1Cl. The first kappa shape index (κ1) is 16.8. The molecule has 0 atom stereocenters. The van der Waals surface area contributed by atoms with Crippen molar-refractivity contribution in [2.45, 2.75) is 14.7 Å². The summed E-state index contributed by atoms with van der Waals surface area (Å²) < 4.78 is 25.3. The van der Waals surface area contributed by atoms with Crippen molar-refractivity contribution in [2.24, 2.45) is 0 Å². The van der Waals surface area contributed by atoms with Gasteiger partial charge in [0.15, 0.2) is 0 Å². The number of thiol groups is 1. The van der Waals surface area contributed by atoms with Gasteiger partial charge >= 0.3 is 0 Å². The third-order valence-corrected chi connectivity index (χ3v) is 5.04. The average Bonchev–Trinajstić information content (AvgIpc) is 2.34. The van der Waals surface area contributed by atoms with E-state index in [-0.39, 0.29) is 0 Å². The highest BCUT2D eigenvalue weighted by Gasteiger charge is 2.11. The molecule has 0 saturated carbocycles. The molecule has 0 bridgehead atoms. The zero-order valence-electron chi connectivity index (χ0n) is 10.8.